The van der Waals surface area contributed by atoms with Crippen molar-refractivity contribution in [1.82, 2.24) is 0 Å². The molecule has 0 aliphatic rings. The summed E-state index contributed by atoms with van der Waals surface area (Å²) in [6.07, 6.45) is 1.52. The molecule has 0 fully saturated rings. The highest BCUT2D eigenvalue weighted by Crippen LogP contribution is 2.38. The Morgan fingerprint density at radius 3 is 2.80 bits per heavy atom. The second-order valence-corrected chi connectivity index (χ2v) is 6.19. The molecule has 0 saturated carbocycles. The summed E-state index contributed by atoms with van der Waals surface area (Å²) in [6.45, 7) is 2.06. The van der Waals surface area contributed by atoms with E-state index in [-0.39, 0.29) is 5.75 Å². The van der Waals surface area contributed by atoms with Gasteiger partial charge >= 0.3 is 5.97 Å². The predicted octanol–water partition coefficient (Wildman–Crippen LogP) is 4.54. The van der Waals surface area contributed by atoms with Crippen LogP contribution in [-0.4, -0.2) is 31.0 Å². The third-order valence-corrected chi connectivity index (χ3v) is 4.71. The first kappa shape index (κ1) is 17.0. The van der Waals surface area contributed by atoms with Crippen molar-refractivity contribution >= 4 is 38.6 Å². The largest absolute Gasteiger partial charge is 0.504 e. The monoisotopic (exact) mass is 355 g/mol. The van der Waals surface area contributed by atoms with E-state index in [1.165, 1.54) is 24.7 Å². The third-order valence-electron chi connectivity index (χ3n) is 3.63. The standard InChI is InChI=1S/C19H17NO4S/c1-3-24-19(22)16-13-8-4-5-10-15(13)25-18(16)20-11-12-7-6-9-14(23-2)17(12)21/h4-11,21H,3H2,1-2H3. The highest BCUT2D eigenvalue weighted by molar-refractivity contribution is 7.23. The van der Waals surface area contributed by atoms with Crippen LogP contribution in [0.2, 0.25) is 0 Å². The zero-order valence-corrected chi connectivity index (χ0v) is 14.7. The number of ether oxygens (including phenoxy) is 2. The quantitative estimate of drug-likeness (QED) is 0.539. The lowest BCUT2D eigenvalue weighted by Crippen LogP contribution is -2.03. The van der Waals surface area contributed by atoms with Gasteiger partial charge < -0.3 is 14.6 Å². The average molecular weight is 355 g/mol. The van der Waals surface area contributed by atoms with E-state index in [4.69, 9.17) is 9.47 Å². The summed E-state index contributed by atoms with van der Waals surface area (Å²) < 4.78 is 11.2. The van der Waals surface area contributed by atoms with Gasteiger partial charge in [-0.1, -0.05) is 24.3 Å². The Hall–Kier alpha value is -2.86. The highest BCUT2D eigenvalue weighted by atomic mass is 32.1. The van der Waals surface area contributed by atoms with E-state index in [0.29, 0.717) is 28.5 Å². The second kappa shape index (κ2) is 7.36. The van der Waals surface area contributed by atoms with E-state index in [1.54, 1.807) is 25.1 Å². The molecule has 0 spiro atoms. The third kappa shape index (κ3) is 3.34. The van der Waals surface area contributed by atoms with E-state index in [9.17, 15) is 9.90 Å². The number of methoxy groups -OCH3 is 1. The number of fused-ring (bicyclic) bond motifs is 1. The van der Waals surface area contributed by atoms with Gasteiger partial charge in [0.1, 0.15) is 10.6 Å². The average Bonchev–Trinajstić information content (AvgIpc) is 2.99. The van der Waals surface area contributed by atoms with Crippen LogP contribution in [0.25, 0.3) is 10.1 Å². The topological polar surface area (TPSA) is 68.1 Å². The molecule has 1 aromatic heterocycles. The number of benzene rings is 2. The zero-order chi connectivity index (χ0) is 17.8. The molecule has 0 bridgehead atoms. The Labute approximate surface area is 149 Å². The van der Waals surface area contributed by atoms with Crippen molar-refractivity contribution in [3.8, 4) is 11.5 Å². The van der Waals surface area contributed by atoms with Gasteiger partial charge in [0.25, 0.3) is 0 Å². The van der Waals surface area contributed by atoms with Crippen LogP contribution in [0.3, 0.4) is 0 Å². The minimum absolute atomic E-state index is 0.00699. The molecule has 0 unspecified atom stereocenters. The molecule has 0 aliphatic carbocycles. The van der Waals surface area contributed by atoms with Gasteiger partial charge in [0.05, 0.1) is 13.7 Å². The molecule has 1 N–H and O–H groups in total. The van der Waals surface area contributed by atoms with Gasteiger partial charge in [0.15, 0.2) is 11.5 Å². The van der Waals surface area contributed by atoms with E-state index in [0.717, 1.165) is 10.1 Å². The minimum atomic E-state index is -0.401. The van der Waals surface area contributed by atoms with Gasteiger partial charge in [-0.3, -0.25) is 0 Å². The number of rotatable bonds is 5. The highest BCUT2D eigenvalue weighted by Gasteiger charge is 2.19. The van der Waals surface area contributed by atoms with Gasteiger partial charge in [-0.25, -0.2) is 9.79 Å². The molecule has 0 radical (unpaired) electrons. The van der Waals surface area contributed by atoms with Crippen LogP contribution in [0, 0.1) is 0 Å². The number of aliphatic imine (C=N–C) groups is 1. The molecule has 5 nitrogen and oxygen atoms in total. The SMILES string of the molecule is CCOC(=O)c1c(N=Cc2cccc(OC)c2O)sc2ccccc12. The lowest BCUT2D eigenvalue weighted by atomic mass is 10.1. The number of thiophene rings is 1. The van der Waals surface area contributed by atoms with Gasteiger partial charge in [-0.15, -0.1) is 11.3 Å². The van der Waals surface area contributed by atoms with Gasteiger partial charge in [0.2, 0.25) is 0 Å². The molecule has 0 atom stereocenters. The number of carbonyl (C=O) groups excluding carboxylic acids is 1. The molecule has 25 heavy (non-hydrogen) atoms. The first-order chi connectivity index (χ1) is 12.2. The number of esters is 1. The lowest BCUT2D eigenvalue weighted by Gasteiger charge is -2.05. The van der Waals surface area contributed by atoms with Crippen molar-refractivity contribution in [2.75, 3.05) is 13.7 Å². The molecule has 3 aromatic rings. The molecule has 1 heterocycles. The predicted molar refractivity (Wildman–Crippen MR) is 99.7 cm³/mol. The van der Waals surface area contributed by atoms with Crippen molar-refractivity contribution in [3.63, 3.8) is 0 Å². The molecule has 2 aromatic carbocycles. The fourth-order valence-corrected chi connectivity index (χ4v) is 3.50. The molecule has 0 aliphatic heterocycles. The number of nitrogens with zero attached hydrogens (tertiary/aromatic N) is 1. The Bertz CT molecular complexity index is 946. The van der Waals surface area contributed by atoms with Crippen molar-refractivity contribution in [2.45, 2.75) is 6.92 Å². The lowest BCUT2D eigenvalue weighted by molar-refractivity contribution is 0.0530. The summed E-state index contributed by atoms with van der Waals surface area (Å²) in [5, 5.41) is 11.5. The Kier molecular flexibility index (Phi) is 5.00. The Balaban J connectivity index is 2.07. The van der Waals surface area contributed by atoms with Crippen LogP contribution in [0.5, 0.6) is 11.5 Å². The molecule has 6 heteroatoms. The number of phenols is 1. The summed E-state index contributed by atoms with van der Waals surface area (Å²) in [5.74, 6) is -0.0274. The number of hydrogen-bond donors (Lipinski definition) is 1. The molecule has 0 saturated heterocycles. The summed E-state index contributed by atoms with van der Waals surface area (Å²) in [6, 6.07) is 12.7. The molecule has 3 rings (SSSR count). The molecule has 0 amide bonds. The van der Waals surface area contributed by atoms with E-state index < -0.39 is 5.97 Å². The maximum atomic E-state index is 12.4. The summed E-state index contributed by atoms with van der Waals surface area (Å²) in [7, 11) is 1.49. The van der Waals surface area contributed by atoms with Crippen LogP contribution in [0.15, 0.2) is 47.5 Å². The fraction of sp³-hybridized carbons (Fsp3) is 0.158. The molecular formula is C19H17NO4S. The number of hydrogen-bond acceptors (Lipinski definition) is 6. The zero-order valence-electron chi connectivity index (χ0n) is 13.9. The van der Waals surface area contributed by atoms with E-state index in [2.05, 4.69) is 4.99 Å². The van der Waals surface area contributed by atoms with Crippen molar-refractivity contribution in [2.24, 2.45) is 4.99 Å². The van der Waals surface area contributed by atoms with Crippen LogP contribution >= 0.6 is 11.3 Å². The number of phenolic OH excluding ortho intramolecular Hbond substituents is 1. The Morgan fingerprint density at radius 2 is 2.04 bits per heavy atom. The smallest absolute Gasteiger partial charge is 0.341 e. The van der Waals surface area contributed by atoms with Crippen LogP contribution in [0.1, 0.15) is 22.8 Å². The number of aromatic hydroxyl groups is 1. The van der Waals surface area contributed by atoms with Gasteiger partial charge in [0, 0.05) is 21.9 Å². The van der Waals surface area contributed by atoms with E-state index >= 15 is 0 Å². The minimum Gasteiger partial charge on any atom is -0.504 e. The summed E-state index contributed by atoms with van der Waals surface area (Å²) >= 11 is 1.40. The van der Waals surface area contributed by atoms with E-state index in [1.807, 2.05) is 24.3 Å². The van der Waals surface area contributed by atoms with Crippen molar-refractivity contribution in [1.29, 1.82) is 0 Å². The summed E-state index contributed by atoms with van der Waals surface area (Å²) in [5.41, 5.74) is 0.952. The molecular weight excluding hydrogens is 338 g/mol. The van der Waals surface area contributed by atoms with Gasteiger partial charge in [-0.05, 0) is 25.1 Å². The van der Waals surface area contributed by atoms with Crippen LogP contribution < -0.4 is 4.74 Å². The van der Waals surface area contributed by atoms with Crippen molar-refractivity contribution < 1.29 is 19.4 Å². The van der Waals surface area contributed by atoms with Crippen LogP contribution in [0.4, 0.5) is 5.00 Å². The Morgan fingerprint density at radius 1 is 1.24 bits per heavy atom. The normalized spacial score (nSPS) is 11.1. The van der Waals surface area contributed by atoms with Crippen LogP contribution in [-0.2, 0) is 4.74 Å². The second-order valence-electron chi connectivity index (χ2n) is 5.16. The molecule has 128 valence electrons. The number of carbonyl (C=O) groups is 1. The summed E-state index contributed by atoms with van der Waals surface area (Å²) in [4.78, 5) is 16.8. The maximum Gasteiger partial charge on any atom is 0.341 e. The maximum absolute atomic E-state index is 12.4. The number of para-hydroxylation sites is 1. The first-order valence-electron chi connectivity index (χ1n) is 7.74. The first-order valence-corrected chi connectivity index (χ1v) is 8.56. The van der Waals surface area contributed by atoms with Gasteiger partial charge in [-0.2, -0.15) is 0 Å². The van der Waals surface area contributed by atoms with Crippen molar-refractivity contribution in [3.05, 3.63) is 53.6 Å². The fourth-order valence-electron chi connectivity index (χ4n) is 2.46.